The van der Waals surface area contributed by atoms with Crippen molar-refractivity contribution in [3.05, 3.63) is 82.1 Å². The standard InChI is InChI=1S/C18H12BrFO/c19-16-10-4-9-15(18(16)20)17(21)11-13-7-3-6-12-5-1-2-8-14(12)13/h1-10H,11H2. The van der Waals surface area contributed by atoms with E-state index in [0.717, 1.165) is 16.3 Å². The molecule has 0 saturated heterocycles. The molecule has 0 unspecified atom stereocenters. The summed E-state index contributed by atoms with van der Waals surface area (Å²) >= 11 is 3.11. The SMILES string of the molecule is O=C(Cc1cccc2ccccc12)c1cccc(Br)c1F. The molecule has 3 rings (SSSR count). The van der Waals surface area contributed by atoms with Gasteiger partial charge in [-0.25, -0.2) is 4.39 Å². The van der Waals surface area contributed by atoms with E-state index in [-0.39, 0.29) is 17.8 Å². The van der Waals surface area contributed by atoms with Crippen LogP contribution in [0.2, 0.25) is 0 Å². The smallest absolute Gasteiger partial charge is 0.170 e. The van der Waals surface area contributed by atoms with Gasteiger partial charge in [-0.3, -0.25) is 4.79 Å². The Kier molecular flexibility index (Phi) is 3.84. The maximum Gasteiger partial charge on any atom is 0.170 e. The third-order valence-corrected chi connectivity index (χ3v) is 4.10. The minimum atomic E-state index is -0.497. The molecule has 0 N–H and O–H groups in total. The Hall–Kier alpha value is -2.00. The molecule has 3 aromatic carbocycles. The number of halogens is 2. The first-order valence-corrected chi connectivity index (χ1v) is 7.40. The average molecular weight is 343 g/mol. The number of carbonyl (C=O) groups excluding carboxylic acids is 1. The van der Waals surface area contributed by atoms with E-state index in [2.05, 4.69) is 15.9 Å². The Morgan fingerprint density at radius 2 is 1.67 bits per heavy atom. The lowest BCUT2D eigenvalue weighted by molar-refractivity contribution is 0.0989. The molecule has 3 heteroatoms. The number of fused-ring (bicyclic) bond motifs is 1. The zero-order valence-electron chi connectivity index (χ0n) is 11.1. The summed E-state index contributed by atoms with van der Waals surface area (Å²) in [5, 5.41) is 2.11. The number of Topliss-reactive ketones (excluding diaryl/α,β-unsaturated/α-hetero) is 1. The summed E-state index contributed by atoms with van der Waals surface area (Å²) in [6.07, 6.45) is 0.189. The lowest BCUT2D eigenvalue weighted by atomic mass is 9.97. The molecule has 0 aliphatic rings. The topological polar surface area (TPSA) is 17.1 Å². The number of benzene rings is 3. The monoisotopic (exact) mass is 342 g/mol. The fourth-order valence-corrected chi connectivity index (χ4v) is 2.80. The van der Waals surface area contributed by atoms with Crippen LogP contribution < -0.4 is 0 Å². The van der Waals surface area contributed by atoms with E-state index in [9.17, 15) is 9.18 Å². The second-order valence-corrected chi connectivity index (χ2v) is 5.69. The largest absolute Gasteiger partial charge is 0.294 e. The van der Waals surface area contributed by atoms with Crippen molar-refractivity contribution >= 4 is 32.5 Å². The lowest BCUT2D eigenvalue weighted by Gasteiger charge is -2.07. The molecule has 0 radical (unpaired) electrons. The van der Waals surface area contributed by atoms with Crippen molar-refractivity contribution < 1.29 is 9.18 Å². The summed E-state index contributed by atoms with van der Waals surface area (Å²) in [7, 11) is 0. The molecule has 0 heterocycles. The van der Waals surface area contributed by atoms with E-state index in [0.29, 0.717) is 4.47 Å². The first kappa shape index (κ1) is 14.0. The molecule has 0 spiro atoms. The highest BCUT2D eigenvalue weighted by Gasteiger charge is 2.15. The molecule has 0 aromatic heterocycles. The number of rotatable bonds is 3. The highest BCUT2D eigenvalue weighted by Crippen LogP contribution is 2.23. The Morgan fingerprint density at radius 3 is 2.52 bits per heavy atom. The van der Waals surface area contributed by atoms with Gasteiger partial charge in [0.25, 0.3) is 0 Å². The van der Waals surface area contributed by atoms with Crippen LogP contribution in [0.25, 0.3) is 10.8 Å². The molecule has 1 nitrogen and oxygen atoms in total. The van der Waals surface area contributed by atoms with Crippen molar-refractivity contribution in [3.63, 3.8) is 0 Å². The van der Waals surface area contributed by atoms with E-state index in [4.69, 9.17) is 0 Å². The molecule has 0 fully saturated rings. The van der Waals surface area contributed by atoms with Crippen LogP contribution in [0, 0.1) is 5.82 Å². The molecule has 0 saturated carbocycles. The van der Waals surface area contributed by atoms with Crippen LogP contribution >= 0.6 is 15.9 Å². The van der Waals surface area contributed by atoms with E-state index in [1.54, 1.807) is 12.1 Å². The summed E-state index contributed by atoms with van der Waals surface area (Å²) in [5.41, 5.74) is 1.04. The highest BCUT2D eigenvalue weighted by atomic mass is 79.9. The molecule has 104 valence electrons. The summed E-state index contributed by atoms with van der Waals surface area (Å²) in [4.78, 5) is 12.4. The Morgan fingerprint density at radius 1 is 0.952 bits per heavy atom. The van der Waals surface area contributed by atoms with Crippen LogP contribution in [0.4, 0.5) is 4.39 Å². The van der Waals surface area contributed by atoms with Gasteiger partial charge in [0.15, 0.2) is 5.78 Å². The van der Waals surface area contributed by atoms with Gasteiger partial charge in [-0.05, 0) is 44.4 Å². The van der Waals surface area contributed by atoms with Gasteiger partial charge in [-0.2, -0.15) is 0 Å². The molecule has 0 bridgehead atoms. The highest BCUT2D eigenvalue weighted by molar-refractivity contribution is 9.10. The number of hydrogen-bond donors (Lipinski definition) is 0. The van der Waals surface area contributed by atoms with Gasteiger partial charge < -0.3 is 0 Å². The van der Waals surface area contributed by atoms with E-state index >= 15 is 0 Å². The summed E-state index contributed by atoms with van der Waals surface area (Å²) in [5.74, 6) is -0.715. The number of hydrogen-bond acceptors (Lipinski definition) is 1. The maximum absolute atomic E-state index is 14.0. The van der Waals surface area contributed by atoms with Crippen LogP contribution in [0.5, 0.6) is 0 Å². The minimum absolute atomic E-state index is 0.123. The van der Waals surface area contributed by atoms with E-state index in [1.165, 1.54) is 6.07 Å². The summed E-state index contributed by atoms with van der Waals surface area (Å²) in [6, 6.07) is 18.5. The first-order chi connectivity index (χ1) is 10.2. The molecule has 0 aliphatic heterocycles. The van der Waals surface area contributed by atoms with Gasteiger partial charge >= 0.3 is 0 Å². The second kappa shape index (κ2) is 5.78. The van der Waals surface area contributed by atoms with Crippen molar-refractivity contribution in [2.45, 2.75) is 6.42 Å². The van der Waals surface area contributed by atoms with Crippen molar-refractivity contribution in [1.29, 1.82) is 0 Å². The quantitative estimate of drug-likeness (QED) is 0.600. The Bertz CT molecular complexity index is 821. The zero-order valence-corrected chi connectivity index (χ0v) is 12.7. The zero-order chi connectivity index (χ0) is 14.8. The third-order valence-electron chi connectivity index (χ3n) is 3.48. The molecule has 21 heavy (non-hydrogen) atoms. The summed E-state index contributed by atoms with van der Waals surface area (Å²) < 4.78 is 14.3. The van der Waals surface area contributed by atoms with Gasteiger partial charge in [0.2, 0.25) is 0 Å². The number of ketones is 1. The second-order valence-electron chi connectivity index (χ2n) is 4.84. The molecule has 0 atom stereocenters. The van der Waals surface area contributed by atoms with Gasteiger partial charge in [-0.1, -0.05) is 48.5 Å². The van der Waals surface area contributed by atoms with E-state index < -0.39 is 5.82 Å². The molecular weight excluding hydrogens is 331 g/mol. The maximum atomic E-state index is 14.0. The van der Waals surface area contributed by atoms with Gasteiger partial charge in [-0.15, -0.1) is 0 Å². The molecular formula is C18H12BrFO. The minimum Gasteiger partial charge on any atom is -0.294 e. The first-order valence-electron chi connectivity index (χ1n) is 6.60. The predicted octanol–water partition coefficient (Wildman–Crippen LogP) is 5.17. The summed E-state index contributed by atoms with van der Waals surface area (Å²) in [6.45, 7) is 0. The van der Waals surface area contributed by atoms with Crippen LogP contribution in [-0.4, -0.2) is 5.78 Å². The Balaban J connectivity index is 1.99. The Labute approximate surface area is 130 Å². The van der Waals surface area contributed by atoms with Crippen LogP contribution in [0.15, 0.2) is 65.1 Å². The van der Waals surface area contributed by atoms with E-state index in [1.807, 2.05) is 42.5 Å². The molecule has 3 aromatic rings. The van der Waals surface area contributed by atoms with Crippen LogP contribution in [-0.2, 0) is 6.42 Å². The van der Waals surface area contributed by atoms with Crippen molar-refractivity contribution in [3.8, 4) is 0 Å². The van der Waals surface area contributed by atoms with Crippen LogP contribution in [0.1, 0.15) is 15.9 Å². The van der Waals surface area contributed by atoms with Crippen molar-refractivity contribution in [2.24, 2.45) is 0 Å². The molecule has 0 aliphatic carbocycles. The lowest BCUT2D eigenvalue weighted by Crippen LogP contribution is -2.07. The van der Waals surface area contributed by atoms with Gasteiger partial charge in [0.1, 0.15) is 5.82 Å². The molecule has 0 amide bonds. The number of carbonyl (C=O) groups is 1. The van der Waals surface area contributed by atoms with Gasteiger partial charge in [0, 0.05) is 6.42 Å². The predicted molar refractivity (Wildman–Crippen MR) is 86.1 cm³/mol. The van der Waals surface area contributed by atoms with Crippen molar-refractivity contribution in [1.82, 2.24) is 0 Å². The van der Waals surface area contributed by atoms with Gasteiger partial charge in [0.05, 0.1) is 10.0 Å². The average Bonchev–Trinajstić information content (AvgIpc) is 2.50. The fraction of sp³-hybridized carbons (Fsp3) is 0.0556. The van der Waals surface area contributed by atoms with Crippen molar-refractivity contribution in [2.75, 3.05) is 0 Å². The fourth-order valence-electron chi connectivity index (χ4n) is 2.43. The third kappa shape index (κ3) is 2.74. The van der Waals surface area contributed by atoms with Crippen LogP contribution in [0.3, 0.4) is 0 Å². The normalized spacial score (nSPS) is 10.8.